The molecule has 2 rings (SSSR count). The topological polar surface area (TPSA) is 36.7 Å². The summed E-state index contributed by atoms with van der Waals surface area (Å²) >= 11 is 11.9. The minimum Gasteiger partial charge on any atom is -0.255 e. The molecule has 0 unspecified atom stereocenters. The van der Waals surface area contributed by atoms with Gasteiger partial charge in [-0.2, -0.15) is 18.4 Å². The molecule has 21 heavy (non-hydrogen) atoms. The van der Waals surface area contributed by atoms with E-state index in [1.807, 2.05) is 6.07 Å². The third kappa shape index (κ3) is 3.46. The van der Waals surface area contributed by atoms with Crippen LogP contribution in [-0.2, 0) is 12.6 Å². The summed E-state index contributed by atoms with van der Waals surface area (Å²) in [6.07, 6.45) is -4.02. The molecule has 2 nitrogen and oxygen atoms in total. The Bertz CT molecular complexity index is 721. The van der Waals surface area contributed by atoms with Gasteiger partial charge in [-0.25, -0.2) is 0 Å². The van der Waals surface area contributed by atoms with Crippen LogP contribution in [0.3, 0.4) is 0 Å². The van der Waals surface area contributed by atoms with E-state index in [1.165, 1.54) is 12.1 Å². The van der Waals surface area contributed by atoms with Gasteiger partial charge in [-0.3, -0.25) is 4.98 Å². The van der Waals surface area contributed by atoms with Crippen LogP contribution in [0.15, 0.2) is 30.5 Å². The second kappa shape index (κ2) is 5.92. The Kier molecular flexibility index (Phi) is 4.40. The standard InChI is InChI=1S/C14H7Cl2F3N2/c15-10-1-2-12(16)11(6-10)13-8(3-4-20)5-9(7-21-13)14(17,18)19/h1-2,5-7H,3H2. The van der Waals surface area contributed by atoms with Crippen molar-refractivity contribution in [3.8, 4) is 17.3 Å². The number of alkyl halides is 3. The molecule has 0 N–H and O–H groups in total. The second-order valence-electron chi connectivity index (χ2n) is 4.19. The van der Waals surface area contributed by atoms with Crippen molar-refractivity contribution in [1.29, 1.82) is 5.26 Å². The molecule has 0 saturated heterocycles. The zero-order chi connectivity index (χ0) is 15.6. The first kappa shape index (κ1) is 15.6. The van der Waals surface area contributed by atoms with Gasteiger partial charge in [-0.15, -0.1) is 0 Å². The molecule has 0 aliphatic heterocycles. The minimum absolute atomic E-state index is 0.150. The van der Waals surface area contributed by atoms with E-state index in [-0.39, 0.29) is 17.7 Å². The normalized spacial score (nSPS) is 11.2. The Morgan fingerprint density at radius 3 is 2.52 bits per heavy atom. The molecule has 1 aromatic carbocycles. The van der Waals surface area contributed by atoms with E-state index in [2.05, 4.69) is 4.98 Å². The molecule has 0 amide bonds. The van der Waals surface area contributed by atoms with Crippen LogP contribution in [0.25, 0.3) is 11.3 Å². The lowest BCUT2D eigenvalue weighted by molar-refractivity contribution is -0.137. The molecular formula is C14H7Cl2F3N2. The fraction of sp³-hybridized carbons (Fsp3) is 0.143. The van der Waals surface area contributed by atoms with Crippen LogP contribution < -0.4 is 0 Å². The van der Waals surface area contributed by atoms with Crippen molar-refractivity contribution in [3.05, 3.63) is 51.6 Å². The first-order valence-corrected chi connectivity index (χ1v) is 6.47. The minimum atomic E-state index is -4.52. The van der Waals surface area contributed by atoms with Crippen LogP contribution >= 0.6 is 23.2 Å². The van der Waals surface area contributed by atoms with Gasteiger partial charge in [-0.1, -0.05) is 23.2 Å². The fourth-order valence-corrected chi connectivity index (χ4v) is 2.19. The van der Waals surface area contributed by atoms with Gasteiger partial charge >= 0.3 is 6.18 Å². The fourth-order valence-electron chi connectivity index (χ4n) is 1.81. The van der Waals surface area contributed by atoms with E-state index in [4.69, 9.17) is 28.5 Å². The zero-order valence-corrected chi connectivity index (χ0v) is 11.9. The van der Waals surface area contributed by atoms with E-state index in [1.54, 1.807) is 6.07 Å². The Morgan fingerprint density at radius 1 is 1.19 bits per heavy atom. The number of pyridine rings is 1. The van der Waals surface area contributed by atoms with E-state index in [0.29, 0.717) is 21.8 Å². The molecule has 1 heterocycles. The summed E-state index contributed by atoms with van der Waals surface area (Å²) in [4.78, 5) is 3.82. The molecule has 0 aliphatic rings. The number of aromatic nitrogens is 1. The van der Waals surface area contributed by atoms with Crippen molar-refractivity contribution >= 4 is 23.2 Å². The van der Waals surface area contributed by atoms with Crippen LogP contribution in [0, 0.1) is 11.3 Å². The van der Waals surface area contributed by atoms with Crippen LogP contribution in [0.2, 0.25) is 10.0 Å². The van der Waals surface area contributed by atoms with Crippen LogP contribution in [0.5, 0.6) is 0 Å². The van der Waals surface area contributed by atoms with Gasteiger partial charge in [0.25, 0.3) is 0 Å². The smallest absolute Gasteiger partial charge is 0.255 e. The van der Waals surface area contributed by atoms with Crippen LogP contribution in [0.4, 0.5) is 13.2 Å². The number of benzene rings is 1. The number of nitrogens with zero attached hydrogens (tertiary/aromatic N) is 2. The number of hydrogen-bond acceptors (Lipinski definition) is 2. The summed E-state index contributed by atoms with van der Waals surface area (Å²) in [5.74, 6) is 0. The van der Waals surface area contributed by atoms with Crippen molar-refractivity contribution in [2.45, 2.75) is 12.6 Å². The molecule has 0 fully saturated rings. The second-order valence-corrected chi connectivity index (χ2v) is 5.03. The summed E-state index contributed by atoms with van der Waals surface area (Å²) in [7, 11) is 0. The van der Waals surface area contributed by atoms with Gasteiger partial charge in [0.1, 0.15) is 0 Å². The van der Waals surface area contributed by atoms with Crippen molar-refractivity contribution < 1.29 is 13.2 Å². The van der Waals surface area contributed by atoms with Gasteiger partial charge in [0.05, 0.1) is 28.8 Å². The molecular weight excluding hydrogens is 324 g/mol. The molecule has 0 atom stereocenters. The van der Waals surface area contributed by atoms with Gasteiger partial charge in [-0.05, 0) is 29.8 Å². The average Bonchev–Trinajstić information content (AvgIpc) is 2.41. The predicted molar refractivity (Wildman–Crippen MR) is 74.0 cm³/mol. The van der Waals surface area contributed by atoms with Crippen molar-refractivity contribution in [2.75, 3.05) is 0 Å². The van der Waals surface area contributed by atoms with E-state index in [9.17, 15) is 13.2 Å². The van der Waals surface area contributed by atoms with Crippen molar-refractivity contribution in [2.24, 2.45) is 0 Å². The predicted octanol–water partition coefficient (Wildman–Crippen LogP) is 5.14. The molecule has 7 heteroatoms. The molecule has 0 spiro atoms. The summed E-state index contributed by atoms with van der Waals surface area (Å²) in [6, 6.07) is 7.31. The Hall–Kier alpha value is -1.77. The number of nitriles is 1. The lowest BCUT2D eigenvalue weighted by Crippen LogP contribution is -2.07. The first-order valence-electron chi connectivity index (χ1n) is 5.71. The summed E-state index contributed by atoms with van der Waals surface area (Å²) < 4.78 is 38.1. The van der Waals surface area contributed by atoms with E-state index < -0.39 is 11.7 Å². The number of rotatable bonds is 2. The molecule has 0 radical (unpaired) electrons. The highest BCUT2D eigenvalue weighted by molar-refractivity contribution is 6.35. The van der Waals surface area contributed by atoms with Gasteiger partial charge in [0.2, 0.25) is 0 Å². The van der Waals surface area contributed by atoms with Gasteiger partial charge in [0, 0.05) is 16.8 Å². The van der Waals surface area contributed by atoms with Crippen LogP contribution in [0.1, 0.15) is 11.1 Å². The maximum absolute atomic E-state index is 12.7. The third-order valence-corrected chi connectivity index (χ3v) is 3.31. The van der Waals surface area contributed by atoms with Crippen molar-refractivity contribution in [1.82, 2.24) is 4.98 Å². The van der Waals surface area contributed by atoms with Crippen LogP contribution in [-0.4, -0.2) is 4.98 Å². The number of hydrogen-bond donors (Lipinski definition) is 0. The highest BCUT2D eigenvalue weighted by Gasteiger charge is 2.31. The Morgan fingerprint density at radius 2 is 1.90 bits per heavy atom. The van der Waals surface area contributed by atoms with Gasteiger partial charge < -0.3 is 0 Å². The lowest BCUT2D eigenvalue weighted by atomic mass is 10.0. The SMILES string of the molecule is N#CCc1cc(C(F)(F)F)cnc1-c1cc(Cl)ccc1Cl. The van der Waals surface area contributed by atoms with E-state index >= 15 is 0 Å². The number of halogens is 5. The zero-order valence-electron chi connectivity index (χ0n) is 10.4. The molecule has 108 valence electrons. The van der Waals surface area contributed by atoms with E-state index in [0.717, 1.165) is 6.07 Å². The first-order chi connectivity index (χ1) is 9.82. The monoisotopic (exact) mass is 330 g/mol. The van der Waals surface area contributed by atoms with Gasteiger partial charge in [0.15, 0.2) is 0 Å². The summed E-state index contributed by atoms with van der Waals surface area (Å²) in [5.41, 5.74) is -0.147. The average molecular weight is 331 g/mol. The molecule has 2 aromatic rings. The highest BCUT2D eigenvalue weighted by atomic mass is 35.5. The quantitative estimate of drug-likeness (QED) is 0.764. The molecule has 0 bridgehead atoms. The highest BCUT2D eigenvalue weighted by Crippen LogP contribution is 2.35. The molecule has 1 aromatic heterocycles. The Balaban J connectivity index is 2.64. The molecule has 0 aliphatic carbocycles. The van der Waals surface area contributed by atoms with Crippen molar-refractivity contribution in [3.63, 3.8) is 0 Å². The maximum Gasteiger partial charge on any atom is 0.417 e. The summed E-state index contributed by atoms with van der Waals surface area (Å²) in [6.45, 7) is 0. The largest absolute Gasteiger partial charge is 0.417 e. The molecule has 0 saturated carbocycles. The Labute approximate surface area is 128 Å². The maximum atomic E-state index is 12.7. The third-order valence-electron chi connectivity index (χ3n) is 2.75. The lowest BCUT2D eigenvalue weighted by Gasteiger charge is -2.12. The summed E-state index contributed by atoms with van der Waals surface area (Å²) in [5, 5.41) is 9.46.